The lowest BCUT2D eigenvalue weighted by molar-refractivity contribution is -0.952. The van der Waals surface area contributed by atoms with E-state index in [2.05, 4.69) is 72.1 Å². The number of nitrogens with zero attached hydrogens (tertiary/aromatic N) is 1. The summed E-state index contributed by atoms with van der Waals surface area (Å²) in [6.07, 6.45) is 2.35. The zero-order chi connectivity index (χ0) is 19.9. The molecule has 4 heteroatoms. The van der Waals surface area contributed by atoms with Gasteiger partial charge in [0.25, 0.3) is 0 Å². The summed E-state index contributed by atoms with van der Waals surface area (Å²) in [6.45, 7) is 11.1. The van der Waals surface area contributed by atoms with Crippen molar-refractivity contribution >= 4 is 0 Å². The summed E-state index contributed by atoms with van der Waals surface area (Å²) in [5, 5.41) is 0. The number of likely N-dealkylation sites (N-methyl/N-ethyl adjacent to an activating group) is 1. The van der Waals surface area contributed by atoms with E-state index in [4.69, 9.17) is 4.74 Å². The van der Waals surface area contributed by atoms with Crippen LogP contribution in [0.5, 0.6) is 5.75 Å². The van der Waals surface area contributed by atoms with Gasteiger partial charge in [0.15, 0.2) is 0 Å². The van der Waals surface area contributed by atoms with E-state index in [1.165, 1.54) is 18.4 Å². The molecule has 2 aromatic carbocycles. The number of benzene rings is 2. The average molecular weight is 422 g/mol. The fourth-order valence-corrected chi connectivity index (χ4v) is 4.38. The smallest absolute Gasteiger partial charge is 0.137 e. The first kappa shape index (κ1) is 27.5. The third kappa shape index (κ3) is 7.33. The Labute approximate surface area is 184 Å². The molecule has 0 amide bonds. The van der Waals surface area contributed by atoms with Gasteiger partial charge < -0.3 is 27.1 Å². The summed E-state index contributed by atoms with van der Waals surface area (Å²) >= 11 is 0. The zero-order valence-electron chi connectivity index (χ0n) is 19.0. The normalized spacial score (nSPS) is 11.7. The van der Waals surface area contributed by atoms with Crippen molar-refractivity contribution in [2.45, 2.75) is 46.1 Å². The van der Waals surface area contributed by atoms with Crippen molar-refractivity contribution in [3.63, 3.8) is 0 Å². The molecule has 0 heterocycles. The van der Waals surface area contributed by atoms with Crippen LogP contribution in [0.25, 0.3) is 0 Å². The van der Waals surface area contributed by atoms with Crippen molar-refractivity contribution in [2.75, 3.05) is 27.2 Å². The number of quaternary nitrogens is 1. The van der Waals surface area contributed by atoms with E-state index in [1.807, 2.05) is 30.3 Å². The van der Waals surface area contributed by atoms with E-state index in [-0.39, 0.29) is 23.4 Å². The molecular weight excluding hydrogens is 382 g/mol. The van der Waals surface area contributed by atoms with Gasteiger partial charge in [0.05, 0.1) is 14.1 Å². The molecule has 0 saturated heterocycles. The highest BCUT2D eigenvalue weighted by Crippen LogP contribution is 2.43. The fourth-order valence-electron chi connectivity index (χ4n) is 4.38. The summed E-state index contributed by atoms with van der Waals surface area (Å²) in [6, 6.07) is 21.3. The number of hydrogen-bond donors (Lipinski definition) is 0. The number of hydrogen-bond acceptors (Lipinski definition) is 1. The Morgan fingerprint density at radius 1 is 0.793 bits per heavy atom. The van der Waals surface area contributed by atoms with Crippen LogP contribution in [0.1, 0.15) is 46.1 Å². The predicted octanol–water partition coefficient (Wildman–Crippen LogP) is 2.31. The average Bonchev–Trinajstić information content (AvgIpc) is 2.61. The standard InChI is InChI=1S/C25H38NO.ClH.H2O/c1-21(2)19-25(20-22(3)4,23-13-9-7-10-14-23)26(5,6)17-18-27-24-15-11-8-12-16-24;;/h7-16,21-22H,17-20H2,1-6H3;1H;1H2/q+1;;/p-1. The van der Waals surface area contributed by atoms with Crippen LogP contribution in [0.15, 0.2) is 60.7 Å². The van der Waals surface area contributed by atoms with E-state index in [0.717, 1.165) is 23.4 Å². The summed E-state index contributed by atoms with van der Waals surface area (Å²) in [5.74, 6) is 2.23. The van der Waals surface area contributed by atoms with Gasteiger partial charge in [-0.1, -0.05) is 76.2 Å². The third-order valence-corrected chi connectivity index (χ3v) is 5.62. The minimum Gasteiger partial charge on any atom is -1.00 e. The Hall–Kier alpha value is -1.55. The first-order chi connectivity index (χ1) is 12.8. The van der Waals surface area contributed by atoms with Crippen molar-refractivity contribution in [3.05, 3.63) is 66.2 Å². The molecule has 3 nitrogen and oxygen atoms in total. The van der Waals surface area contributed by atoms with Crippen LogP contribution in [-0.2, 0) is 5.54 Å². The predicted molar refractivity (Wildman–Crippen MR) is 120 cm³/mol. The molecule has 0 aliphatic rings. The monoisotopic (exact) mass is 421 g/mol. The van der Waals surface area contributed by atoms with Gasteiger partial charge in [-0.25, -0.2) is 0 Å². The maximum absolute atomic E-state index is 6.07. The molecule has 0 unspecified atom stereocenters. The van der Waals surface area contributed by atoms with Gasteiger partial charge in [0, 0.05) is 18.4 Å². The first-order valence-corrected chi connectivity index (χ1v) is 10.3. The number of halogens is 1. The molecule has 164 valence electrons. The SMILES string of the molecule is CC(C)CC(CC(C)C)(c1ccccc1)[N+](C)(C)CCOc1ccccc1.O.[Cl-]. The molecule has 0 saturated carbocycles. The Kier molecular flexibility index (Phi) is 11.6. The molecule has 0 aliphatic heterocycles. The van der Waals surface area contributed by atoms with Gasteiger partial charge in [0.2, 0.25) is 0 Å². The lowest BCUT2D eigenvalue weighted by Gasteiger charge is -2.51. The van der Waals surface area contributed by atoms with Crippen molar-refractivity contribution in [2.24, 2.45) is 11.8 Å². The highest BCUT2D eigenvalue weighted by atomic mass is 35.5. The summed E-state index contributed by atoms with van der Waals surface area (Å²) in [4.78, 5) is 0. The Balaban J connectivity index is 0.00000392. The lowest BCUT2D eigenvalue weighted by Crippen LogP contribution is -3.00. The Morgan fingerprint density at radius 2 is 1.24 bits per heavy atom. The van der Waals surface area contributed by atoms with Crippen LogP contribution >= 0.6 is 0 Å². The van der Waals surface area contributed by atoms with Gasteiger partial charge in [0.1, 0.15) is 24.4 Å². The number of para-hydroxylation sites is 1. The van der Waals surface area contributed by atoms with E-state index < -0.39 is 0 Å². The topological polar surface area (TPSA) is 40.7 Å². The first-order valence-electron chi connectivity index (χ1n) is 10.3. The van der Waals surface area contributed by atoms with Crippen LogP contribution in [0, 0.1) is 11.8 Å². The van der Waals surface area contributed by atoms with Crippen molar-refractivity contribution < 1.29 is 27.1 Å². The van der Waals surface area contributed by atoms with Crippen LogP contribution < -0.4 is 17.1 Å². The van der Waals surface area contributed by atoms with Crippen molar-refractivity contribution in [3.8, 4) is 5.75 Å². The minimum atomic E-state index is 0. The molecule has 0 aromatic heterocycles. The molecule has 29 heavy (non-hydrogen) atoms. The minimum absolute atomic E-state index is 0. The highest BCUT2D eigenvalue weighted by Gasteiger charge is 2.47. The van der Waals surface area contributed by atoms with Crippen LogP contribution in [0.3, 0.4) is 0 Å². The molecule has 0 spiro atoms. The Bertz CT molecular complexity index is 662. The molecule has 0 radical (unpaired) electrons. The molecule has 2 rings (SSSR count). The van der Waals surface area contributed by atoms with Crippen LogP contribution in [0.4, 0.5) is 0 Å². The molecule has 0 aliphatic carbocycles. The van der Waals surface area contributed by atoms with E-state index in [0.29, 0.717) is 11.8 Å². The second-order valence-corrected chi connectivity index (χ2v) is 9.16. The second-order valence-electron chi connectivity index (χ2n) is 9.16. The maximum Gasteiger partial charge on any atom is 0.137 e. The molecular formula is C25H40ClNO2. The van der Waals surface area contributed by atoms with E-state index >= 15 is 0 Å². The summed E-state index contributed by atoms with van der Waals surface area (Å²) in [5.41, 5.74) is 1.54. The summed E-state index contributed by atoms with van der Waals surface area (Å²) < 4.78 is 7.00. The summed E-state index contributed by atoms with van der Waals surface area (Å²) in [7, 11) is 4.76. The van der Waals surface area contributed by atoms with Gasteiger partial charge in [-0.05, 0) is 24.0 Å². The van der Waals surface area contributed by atoms with Crippen LogP contribution in [0.2, 0.25) is 0 Å². The van der Waals surface area contributed by atoms with Gasteiger partial charge in [-0.2, -0.15) is 0 Å². The van der Waals surface area contributed by atoms with Crippen molar-refractivity contribution in [1.29, 1.82) is 0 Å². The Morgan fingerprint density at radius 3 is 1.69 bits per heavy atom. The van der Waals surface area contributed by atoms with E-state index in [1.54, 1.807) is 0 Å². The third-order valence-electron chi connectivity index (χ3n) is 5.62. The van der Waals surface area contributed by atoms with Gasteiger partial charge >= 0.3 is 0 Å². The van der Waals surface area contributed by atoms with Crippen molar-refractivity contribution in [1.82, 2.24) is 0 Å². The lowest BCUT2D eigenvalue weighted by atomic mass is 9.74. The van der Waals surface area contributed by atoms with Gasteiger partial charge in [-0.3, -0.25) is 0 Å². The molecule has 2 N–H and O–H groups in total. The zero-order valence-corrected chi connectivity index (χ0v) is 19.7. The second kappa shape index (κ2) is 12.2. The van der Waals surface area contributed by atoms with E-state index in [9.17, 15) is 0 Å². The molecule has 0 atom stereocenters. The molecule has 0 fully saturated rings. The maximum atomic E-state index is 6.07. The molecule has 0 bridgehead atoms. The quantitative estimate of drug-likeness (QED) is 0.542. The number of rotatable bonds is 10. The number of ether oxygens (including phenoxy) is 1. The fraction of sp³-hybridized carbons (Fsp3) is 0.520. The van der Waals surface area contributed by atoms with Gasteiger partial charge in [-0.15, -0.1) is 0 Å². The molecule has 2 aromatic rings. The van der Waals surface area contributed by atoms with Crippen LogP contribution in [-0.4, -0.2) is 37.2 Å². The highest BCUT2D eigenvalue weighted by molar-refractivity contribution is 5.23. The largest absolute Gasteiger partial charge is 1.00 e.